The summed E-state index contributed by atoms with van der Waals surface area (Å²) in [7, 11) is 0. The van der Waals surface area contributed by atoms with Crippen molar-refractivity contribution in [3.63, 3.8) is 0 Å². The Morgan fingerprint density at radius 3 is 2.64 bits per heavy atom. The van der Waals surface area contributed by atoms with Crippen LogP contribution in [0.15, 0.2) is 36.8 Å². The molecule has 36 heavy (non-hydrogen) atoms. The van der Waals surface area contributed by atoms with Gasteiger partial charge in [-0.3, -0.25) is 9.59 Å². The largest absolute Gasteiger partial charge is 0.329 e. The number of benzene rings is 1. The van der Waals surface area contributed by atoms with E-state index in [1.165, 1.54) is 6.33 Å². The predicted molar refractivity (Wildman–Crippen MR) is 137 cm³/mol. The van der Waals surface area contributed by atoms with Crippen LogP contribution in [0.25, 0.3) is 5.82 Å². The van der Waals surface area contributed by atoms with E-state index in [-0.39, 0.29) is 29.8 Å². The van der Waals surface area contributed by atoms with Crippen molar-refractivity contribution in [2.45, 2.75) is 64.6 Å². The number of hydrogen-bond acceptors (Lipinski definition) is 6. The van der Waals surface area contributed by atoms with Gasteiger partial charge in [0.05, 0.1) is 35.2 Å². The zero-order chi connectivity index (χ0) is 25.8. The first-order valence-electron chi connectivity index (χ1n) is 12.1. The third-order valence-electron chi connectivity index (χ3n) is 7.11. The van der Waals surface area contributed by atoms with Crippen LogP contribution in [0.5, 0.6) is 0 Å². The number of nitrogens with one attached hydrogen (secondary N) is 2. The first-order chi connectivity index (χ1) is 17.1. The molecule has 2 amide bonds. The van der Waals surface area contributed by atoms with Crippen LogP contribution in [0.4, 0.5) is 5.82 Å². The zero-order valence-electron chi connectivity index (χ0n) is 21.0. The van der Waals surface area contributed by atoms with Gasteiger partial charge in [-0.25, -0.2) is 14.6 Å². The number of fused-ring (bicyclic) bond motifs is 2. The molecule has 0 saturated heterocycles. The summed E-state index contributed by atoms with van der Waals surface area (Å²) in [5.74, 6) is 0.668. The highest BCUT2D eigenvalue weighted by molar-refractivity contribution is 6.30. The van der Waals surface area contributed by atoms with Gasteiger partial charge in [0.25, 0.3) is 0 Å². The molecule has 2 aliphatic rings. The lowest BCUT2D eigenvalue weighted by Gasteiger charge is -2.28. The molecule has 0 saturated carbocycles. The van der Waals surface area contributed by atoms with Crippen molar-refractivity contribution >= 4 is 29.2 Å². The van der Waals surface area contributed by atoms with Gasteiger partial charge in [-0.2, -0.15) is 5.10 Å². The van der Waals surface area contributed by atoms with Gasteiger partial charge in [0.15, 0.2) is 5.82 Å². The predicted octanol–water partition coefficient (Wildman–Crippen LogP) is 3.73. The average molecular weight is 508 g/mol. The fourth-order valence-electron chi connectivity index (χ4n) is 4.93. The number of halogens is 1. The van der Waals surface area contributed by atoms with Gasteiger partial charge < -0.3 is 15.5 Å². The Kier molecular flexibility index (Phi) is 6.08. The maximum atomic E-state index is 13.8. The Hall–Kier alpha value is -3.30. The summed E-state index contributed by atoms with van der Waals surface area (Å²) in [4.78, 5) is 36.8. The monoisotopic (exact) mass is 507 g/mol. The summed E-state index contributed by atoms with van der Waals surface area (Å²) < 4.78 is 1.71. The van der Waals surface area contributed by atoms with Crippen molar-refractivity contribution in [2.75, 3.05) is 11.9 Å². The van der Waals surface area contributed by atoms with E-state index in [9.17, 15) is 9.59 Å². The second-order valence-corrected chi connectivity index (χ2v) is 10.7. The highest BCUT2D eigenvalue weighted by Gasteiger charge is 2.43. The Morgan fingerprint density at radius 1 is 1.25 bits per heavy atom. The minimum absolute atomic E-state index is 0.0429. The molecular formula is C26H30ClN7O2. The van der Waals surface area contributed by atoms with Crippen molar-refractivity contribution in [2.24, 2.45) is 0 Å². The normalized spacial score (nSPS) is 18.8. The SMILES string of the molecule is CC(C)NC[C@@H](C(=O)N1Cc2nn(-c3ncnc4c3C(C)(C)C(=O)N4)cc2[C@H]1C)c1ccc(Cl)cc1. The molecule has 2 atom stereocenters. The Morgan fingerprint density at radius 2 is 1.97 bits per heavy atom. The average Bonchev–Trinajstić information content (AvgIpc) is 3.45. The molecule has 2 N–H and O–H groups in total. The van der Waals surface area contributed by atoms with E-state index >= 15 is 0 Å². The molecule has 2 aromatic heterocycles. The molecular weight excluding hydrogens is 478 g/mol. The summed E-state index contributed by atoms with van der Waals surface area (Å²) in [6.45, 7) is 10.8. The molecule has 0 bridgehead atoms. The Labute approximate surface area is 215 Å². The van der Waals surface area contributed by atoms with Gasteiger partial charge in [0, 0.05) is 29.4 Å². The fraction of sp³-hybridized carbons (Fsp3) is 0.423. The first-order valence-corrected chi connectivity index (χ1v) is 12.5. The third kappa shape index (κ3) is 4.06. The zero-order valence-corrected chi connectivity index (χ0v) is 21.8. The van der Waals surface area contributed by atoms with Gasteiger partial charge >= 0.3 is 0 Å². The van der Waals surface area contributed by atoms with Crippen LogP contribution in [-0.4, -0.2) is 49.0 Å². The van der Waals surface area contributed by atoms with Gasteiger partial charge in [0.2, 0.25) is 11.8 Å². The number of aromatic nitrogens is 4. The number of anilines is 1. The first kappa shape index (κ1) is 24.4. The molecule has 10 heteroatoms. The number of carbonyl (C=O) groups excluding carboxylic acids is 2. The molecule has 0 fully saturated rings. The summed E-state index contributed by atoms with van der Waals surface area (Å²) in [6.07, 6.45) is 3.35. The molecule has 0 aliphatic carbocycles. The maximum absolute atomic E-state index is 13.8. The standard InChI is InChI=1S/C26H30ClN7O2/c1-14(2)28-10-18(16-6-8-17(27)9-7-16)24(35)33-12-20-19(15(33)3)11-34(32-20)23-21-22(29-13-30-23)31-25(36)26(21,4)5/h6-9,11,13-15,18,28H,10,12H2,1-5H3,(H,29,30,31,36)/t15-,18-/m1/s1. The number of carbonyl (C=O) groups is 2. The van der Waals surface area contributed by atoms with Gasteiger partial charge in [-0.1, -0.05) is 37.6 Å². The van der Waals surface area contributed by atoms with Crippen molar-refractivity contribution in [3.05, 3.63) is 64.2 Å². The van der Waals surface area contributed by atoms with Crippen LogP contribution in [-0.2, 0) is 21.5 Å². The van der Waals surface area contributed by atoms with Crippen molar-refractivity contribution in [3.8, 4) is 5.82 Å². The molecule has 0 spiro atoms. The number of rotatable bonds is 6. The minimum atomic E-state index is -0.773. The second kappa shape index (κ2) is 8.97. The van der Waals surface area contributed by atoms with E-state index in [4.69, 9.17) is 16.7 Å². The second-order valence-electron chi connectivity index (χ2n) is 10.3. The highest BCUT2D eigenvalue weighted by Crippen LogP contribution is 2.40. The number of amides is 2. The van der Waals surface area contributed by atoms with Gasteiger partial charge in [0.1, 0.15) is 12.1 Å². The Balaban J connectivity index is 1.43. The van der Waals surface area contributed by atoms with Crippen LogP contribution in [0, 0.1) is 0 Å². The molecule has 0 radical (unpaired) electrons. The quantitative estimate of drug-likeness (QED) is 0.526. The molecule has 2 aliphatic heterocycles. The molecule has 3 aromatic rings. The molecule has 9 nitrogen and oxygen atoms in total. The fourth-order valence-corrected chi connectivity index (χ4v) is 5.06. The van der Waals surface area contributed by atoms with Gasteiger partial charge in [-0.15, -0.1) is 0 Å². The lowest BCUT2D eigenvalue weighted by molar-refractivity contribution is -0.135. The molecule has 1 aromatic carbocycles. The van der Waals surface area contributed by atoms with E-state index in [1.54, 1.807) is 4.68 Å². The molecule has 5 rings (SSSR count). The third-order valence-corrected chi connectivity index (χ3v) is 7.37. The van der Waals surface area contributed by atoms with E-state index < -0.39 is 5.41 Å². The molecule has 4 heterocycles. The minimum Gasteiger partial charge on any atom is -0.329 e. The Bertz CT molecular complexity index is 1330. The van der Waals surface area contributed by atoms with Crippen molar-refractivity contribution in [1.29, 1.82) is 0 Å². The van der Waals surface area contributed by atoms with Crippen LogP contribution >= 0.6 is 11.6 Å². The number of hydrogen-bond donors (Lipinski definition) is 2. The van der Waals surface area contributed by atoms with Crippen LogP contribution in [0.2, 0.25) is 5.02 Å². The summed E-state index contributed by atoms with van der Waals surface area (Å²) in [5.41, 5.74) is 2.67. The van der Waals surface area contributed by atoms with Crippen LogP contribution in [0.3, 0.4) is 0 Å². The van der Waals surface area contributed by atoms with Crippen molar-refractivity contribution < 1.29 is 9.59 Å². The van der Waals surface area contributed by atoms with Crippen LogP contribution in [0.1, 0.15) is 69.0 Å². The van der Waals surface area contributed by atoms with Crippen LogP contribution < -0.4 is 10.6 Å². The number of nitrogens with zero attached hydrogens (tertiary/aromatic N) is 5. The molecule has 188 valence electrons. The summed E-state index contributed by atoms with van der Waals surface area (Å²) >= 11 is 6.09. The smallest absolute Gasteiger partial charge is 0.235 e. The summed E-state index contributed by atoms with van der Waals surface area (Å²) in [6, 6.07) is 7.57. The lowest BCUT2D eigenvalue weighted by atomic mass is 9.87. The van der Waals surface area contributed by atoms with Crippen molar-refractivity contribution in [1.82, 2.24) is 30.0 Å². The van der Waals surface area contributed by atoms with Gasteiger partial charge in [-0.05, 0) is 38.5 Å². The van der Waals surface area contributed by atoms with E-state index in [0.717, 1.165) is 22.4 Å². The topological polar surface area (TPSA) is 105 Å². The maximum Gasteiger partial charge on any atom is 0.235 e. The van der Waals surface area contributed by atoms with E-state index in [2.05, 4.69) is 34.4 Å². The summed E-state index contributed by atoms with van der Waals surface area (Å²) in [5, 5.41) is 11.7. The highest BCUT2D eigenvalue weighted by atomic mass is 35.5. The van der Waals surface area contributed by atoms with E-state index in [1.807, 2.05) is 56.1 Å². The lowest BCUT2D eigenvalue weighted by Crippen LogP contribution is -2.39. The van der Waals surface area contributed by atoms with E-state index in [0.29, 0.717) is 29.7 Å². The molecule has 0 unspecified atom stereocenters.